The Labute approximate surface area is 611 Å². The molecule has 0 radical (unpaired) electrons. The summed E-state index contributed by atoms with van der Waals surface area (Å²) in [5.74, 6) is 2.98. The number of hydrogen-bond acceptors (Lipinski definition) is 22. The fourth-order valence-electron chi connectivity index (χ4n) is 12.5. The molecule has 6 heterocycles. The first-order chi connectivity index (χ1) is 50.1. The number of carbonyl (C=O) groups excluding carboxylic acids is 3. The SMILES string of the molecule is CCCCc1nc2c(N)nc3ccc(N4CCN(CCOCCC(=O)OC(C)(C)C)CC4)cc3c2n1CCCCN.CCCCc1nc2c(N)nc3ccc(N4CCN(CCOCCC(=O)OC(C)(C)C)CC4)cc3c2n1CCCCNC(=O)Nc1cccc(C#N)c1.N#COc1cccc(C#N)c1. The summed E-state index contributed by atoms with van der Waals surface area (Å²) < 4.78 is 31.3. The molecule has 0 bridgehead atoms. The third-order valence-electron chi connectivity index (χ3n) is 17.7. The maximum Gasteiger partial charge on any atom is 0.319 e. The minimum atomic E-state index is -0.480. The number of aromatic nitrogens is 6. The van der Waals surface area contributed by atoms with Gasteiger partial charge in [0.15, 0.2) is 11.6 Å². The maximum atomic E-state index is 12.5. The van der Waals surface area contributed by atoms with Crippen LogP contribution in [-0.2, 0) is 54.5 Å². The van der Waals surface area contributed by atoms with Crippen molar-refractivity contribution in [2.75, 3.05) is 132 Å². The number of esters is 2. The monoisotopic (exact) mass is 1420 g/mol. The van der Waals surface area contributed by atoms with E-state index in [1.807, 2.05) is 47.6 Å². The molecule has 8 aromatic rings. The van der Waals surface area contributed by atoms with Gasteiger partial charge in [-0.05, 0) is 159 Å². The summed E-state index contributed by atoms with van der Waals surface area (Å²) >= 11 is 0. The molecule has 26 nitrogen and oxygen atoms in total. The average Bonchev–Trinajstić information content (AvgIpc) is 1.07. The number of piperazine rings is 2. The number of ether oxygens (including phenoxy) is 5. The van der Waals surface area contributed by atoms with Crippen LogP contribution in [0.15, 0.2) is 84.9 Å². The second-order valence-corrected chi connectivity index (χ2v) is 28.0. The Morgan fingerprint density at radius 2 is 1.02 bits per heavy atom. The normalized spacial score (nSPS) is 13.5. The number of hydrogen-bond donors (Lipinski definition) is 5. The molecule has 4 aromatic heterocycles. The van der Waals surface area contributed by atoms with Gasteiger partial charge in [0.05, 0.1) is 84.6 Å². The van der Waals surface area contributed by atoms with Crippen molar-refractivity contribution in [1.29, 1.82) is 15.8 Å². The van der Waals surface area contributed by atoms with E-state index < -0.39 is 11.2 Å². The van der Waals surface area contributed by atoms with Gasteiger partial charge in [-0.25, -0.2) is 24.7 Å². The predicted molar refractivity (Wildman–Crippen MR) is 409 cm³/mol. The number of nitriles is 3. The number of benzene rings is 4. The fraction of sp³-hybridized carbons (Fsp3) is 0.513. The van der Waals surface area contributed by atoms with Gasteiger partial charge in [0, 0.05) is 126 Å². The zero-order valence-electron chi connectivity index (χ0n) is 62.1. The first-order valence-corrected chi connectivity index (χ1v) is 36.6. The number of urea groups is 1. The molecule has 0 aliphatic carbocycles. The number of amides is 2. The number of aryl methyl sites for hydroxylation is 4. The number of nitrogen functional groups attached to an aromatic ring is 2. The molecule has 2 aliphatic rings. The molecular formula is C78H106N18O8. The van der Waals surface area contributed by atoms with Gasteiger partial charge in [-0.2, -0.15) is 10.5 Å². The van der Waals surface area contributed by atoms with Crippen molar-refractivity contribution < 1.29 is 38.1 Å². The van der Waals surface area contributed by atoms with Gasteiger partial charge in [-0.3, -0.25) is 19.4 Å². The number of nitrogens with one attached hydrogen (secondary N) is 2. The van der Waals surface area contributed by atoms with Gasteiger partial charge >= 0.3 is 18.0 Å². The molecule has 4 aromatic carbocycles. The van der Waals surface area contributed by atoms with E-state index in [1.165, 1.54) is 18.0 Å². The standard InChI is InChI=1S/C39H53N9O4.C31H49N7O3.C8H4N2O/c1-5-6-12-33-45-35-36(48(33)17-8-7-16-42-38(50)43-29-11-9-10-28(25-29)27-40)31-26-30(13-14-32(31)44-37(35)41)47-20-18-46(19-21-47)22-24-51-23-15-34(49)52-39(2,3)4;1-5-6-9-26-35-28-29(38(26)14-8-7-13-32)24-22-23(10-11-25(24)34-30(28)33)37-17-15-36(16-18-37)19-21-40-20-12-27(39)41-31(2,3)4;9-5-7-2-1-3-8(4-7)11-6-10/h9-11,13-14,25-26H,5-8,12,15-24H2,1-4H3,(H2,41,44)(H2,42,43,50);10-11,22H,5-9,12-21,32H2,1-4H3,(H2,33,34);1-4H. The topological polar surface area (TPSA) is 345 Å². The quantitative estimate of drug-likeness (QED) is 0.0153. The Morgan fingerprint density at radius 1 is 0.548 bits per heavy atom. The highest BCUT2D eigenvalue weighted by Gasteiger charge is 2.25. The number of pyridine rings is 2. The Bertz CT molecular complexity index is 4260. The lowest BCUT2D eigenvalue weighted by atomic mass is 10.1. The lowest BCUT2D eigenvalue weighted by molar-refractivity contribution is -0.157. The van der Waals surface area contributed by atoms with E-state index in [1.54, 1.807) is 42.5 Å². The summed E-state index contributed by atoms with van der Waals surface area (Å²) in [6, 6.07) is 29.9. The van der Waals surface area contributed by atoms with Crippen LogP contribution in [0.4, 0.5) is 33.5 Å². The molecule has 2 aliphatic heterocycles. The number of nitrogens with zero attached hydrogens (tertiary/aromatic N) is 13. The van der Waals surface area contributed by atoms with Crippen LogP contribution in [0.25, 0.3) is 43.9 Å². The van der Waals surface area contributed by atoms with Crippen LogP contribution in [0, 0.1) is 34.2 Å². The summed E-state index contributed by atoms with van der Waals surface area (Å²) in [6.07, 6.45) is 11.8. The molecule has 556 valence electrons. The Morgan fingerprint density at radius 3 is 1.47 bits per heavy atom. The minimum absolute atomic E-state index is 0.215. The van der Waals surface area contributed by atoms with Crippen molar-refractivity contribution in [3.8, 4) is 24.1 Å². The van der Waals surface area contributed by atoms with Gasteiger partial charge in [0.25, 0.3) is 6.26 Å². The van der Waals surface area contributed by atoms with Gasteiger partial charge in [0.2, 0.25) is 0 Å². The number of unbranched alkanes of at least 4 members (excludes halogenated alkanes) is 4. The number of anilines is 5. The number of nitrogens with two attached hydrogens (primary N) is 3. The smallest absolute Gasteiger partial charge is 0.319 e. The molecule has 8 N–H and O–H groups in total. The van der Waals surface area contributed by atoms with E-state index in [0.717, 1.165) is 204 Å². The molecule has 2 amide bonds. The van der Waals surface area contributed by atoms with Crippen LogP contribution in [0.1, 0.15) is 142 Å². The van der Waals surface area contributed by atoms with E-state index in [4.69, 9.17) is 71.9 Å². The predicted octanol–water partition coefficient (Wildman–Crippen LogP) is 11.4. The van der Waals surface area contributed by atoms with Gasteiger partial charge in [-0.15, -0.1) is 5.26 Å². The van der Waals surface area contributed by atoms with E-state index in [2.05, 4.69) is 100 Å². The first-order valence-electron chi connectivity index (χ1n) is 36.6. The largest absolute Gasteiger partial charge is 0.460 e. The first kappa shape index (κ1) is 79.8. The number of rotatable bonds is 31. The minimum Gasteiger partial charge on any atom is -0.460 e. The van der Waals surface area contributed by atoms with Crippen molar-refractivity contribution in [2.45, 2.75) is 157 Å². The summed E-state index contributed by atoms with van der Waals surface area (Å²) in [7, 11) is 0. The zero-order chi connectivity index (χ0) is 74.6. The van der Waals surface area contributed by atoms with E-state index in [9.17, 15) is 14.4 Å². The summed E-state index contributed by atoms with van der Waals surface area (Å²) in [4.78, 5) is 65.4. The van der Waals surface area contributed by atoms with E-state index in [0.29, 0.717) is 73.7 Å². The summed E-state index contributed by atoms with van der Waals surface area (Å²) in [6.45, 7) is 29.5. The van der Waals surface area contributed by atoms with Crippen molar-refractivity contribution in [1.82, 2.24) is 44.2 Å². The fourth-order valence-corrected chi connectivity index (χ4v) is 12.5. The molecule has 10 rings (SSSR count). The van der Waals surface area contributed by atoms with Crippen molar-refractivity contribution in [3.05, 3.63) is 108 Å². The van der Waals surface area contributed by atoms with E-state index in [-0.39, 0.29) is 30.8 Å². The highest BCUT2D eigenvalue weighted by atomic mass is 16.6. The van der Waals surface area contributed by atoms with Crippen LogP contribution in [0.2, 0.25) is 0 Å². The van der Waals surface area contributed by atoms with Crippen molar-refractivity contribution in [3.63, 3.8) is 0 Å². The molecule has 26 heteroatoms. The van der Waals surface area contributed by atoms with Crippen LogP contribution in [0.3, 0.4) is 0 Å². The average molecular weight is 1420 g/mol. The zero-order valence-corrected chi connectivity index (χ0v) is 62.1. The molecule has 2 fully saturated rings. The van der Waals surface area contributed by atoms with Gasteiger partial charge in [-0.1, -0.05) is 38.8 Å². The second kappa shape index (κ2) is 39.7. The third kappa shape index (κ3) is 24.1. The molecule has 0 unspecified atom stereocenters. The Balaban J connectivity index is 0.000000234. The third-order valence-corrected chi connectivity index (χ3v) is 17.7. The Hall–Kier alpha value is -9.88. The van der Waals surface area contributed by atoms with Crippen LogP contribution in [-0.4, -0.2) is 173 Å². The lowest BCUT2D eigenvalue weighted by Gasteiger charge is -2.36. The van der Waals surface area contributed by atoms with Gasteiger partial charge in [0.1, 0.15) is 39.6 Å². The van der Waals surface area contributed by atoms with Gasteiger partial charge < -0.3 is 70.5 Å². The highest BCUT2D eigenvalue weighted by Crippen LogP contribution is 2.35. The van der Waals surface area contributed by atoms with Crippen molar-refractivity contribution >= 4 is 90.5 Å². The number of imidazole rings is 2. The summed E-state index contributed by atoms with van der Waals surface area (Å²) in [5.41, 5.74) is 27.1. The lowest BCUT2D eigenvalue weighted by Crippen LogP contribution is -2.47. The highest BCUT2D eigenvalue weighted by molar-refractivity contribution is 6.09. The number of fused-ring (bicyclic) bond motifs is 6. The molecule has 104 heavy (non-hydrogen) atoms. The van der Waals surface area contributed by atoms with Crippen LogP contribution >= 0.6 is 0 Å². The Kier molecular flexibility index (Phi) is 30.5. The maximum absolute atomic E-state index is 12.5. The molecule has 0 atom stereocenters. The van der Waals surface area contributed by atoms with Crippen LogP contribution in [0.5, 0.6) is 5.75 Å². The summed E-state index contributed by atoms with van der Waals surface area (Å²) in [5, 5.41) is 33.6. The molecular weight excluding hydrogens is 1320 g/mol. The van der Waals surface area contributed by atoms with Crippen molar-refractivity contribution in [2.24, 2.45) is 5.73 Å². The van der Waals surface area contributed by atoms with E-state index >= 15 is 0 Å². The molecule has 2 saturated heterocycles. The molecule has 0 saturated carbocycles. The number of carbonyl (C=O) groups is 3. The second-order valence-electron chi connectivity index (χ2n) is 28.0. The molecule has 0 spiro atoms. The van der Waals surface area contributed by atoms with Crippen LogP contribution < -0.4 is 42.4 Å².